The van der Waals surface area contributed by atoms with Gasteiger partial charge >= 0.3 is 6.09 Å². The summed E-state index contributed by atoms with van der Waals surface area (Å²) in [4.78, 5) is 11.7. The average Bonchev–Trinajstić information content (AvgIpc) is 2.20. The molecule has 16 heavy (non-hydrogen) atoms. The molecular formula is C11H13ClFNO2. The van der Waals surface area contributed by atoms with Crippen molar-refractivity contribution in [2.24, 2.45) is 0 Å². The molecule has 0 aromatic heterocycles. The molecule has 0 bridgehead atoms. The van der Waals surface area contributed by atoms with Gasteiger partial charge in [-0.15, -0.1) is 0 Å². The lowest BCUT2D eigenvalue weighted by Gasteiger charge is -2.13. The fraction of sp³-hybridized carbons (Fsp3) is 0.364. The summed E-state index contributed by atoms with van der Waals surface area (Å²) < 4.78 is 13.3. The maximum Gasteiger partial charge on any atom is 0.407 e. The van der Waals surface area contributed by atoms with Gasteiger partial charge in [-0.3, -0.25) is 0 Å². The van der Waals surface area contributed by atoms with Crippen molar-refractivity contribution in [3.05, 3.63) is 34.1 Å². The zero-order valence-electron chi connectivity index (χ0n) is 9.13. The number of hydrogen-bond acceptors (Lipinski definition) is 1. The van der Waals surface area contributed by atoms with Crippen molar-refractivity contribution in [3.63, 3.8) is 0 Å². The molecule has 0 atom stereocenters. The maximum atomic E-state index is 13.3. The quantitative estimate of drug-likeness (QED) is 0.890. The molecule has 0 spiro atoms. The number of nitrogens with zero attached hydrogens (tertiary/aromatic N) is 1. The number of likely N-dealkylation sites (N-methyl/N-ethyl adjacent to an activating group) is 1. The van der Waals surface area contributed by atoms with Crippen LogP contribution in [0.15, 0.2) is 12.1 Å². The lowest BCUT2D eigenvalue weighted by atomic mass is 10.1. The normalized spacial score (nSPS) is 10.2. The molecule has 0 unspecified atom stereocenters. The Kier molecular flexibility index (Phi) is 4.12. The lowest BCUT2D eigenvalue weighted by Crippen LogP contribution is -2.26. The standard InChI is InChI=1S/C11H13ClFNO2/c1-7-5-9(12)8(6-10(7)13)3-4-14(2)11(15)16/h5-6H,3-4H2,1-2H3,(H,15,16). The van der Waals surface area contributed by atoms with Crippen LogP contribution in [0.25, 0.3) is 0 Å². The van der Waals surface area contributed by atoms with E-state index in [0.717, 1.165) is 4.90 Å². The Morgan fingerprint density at radius 2 is 2.19 bits per heavy atom. The van der Waals surface area contributed by atoms with Crippen LogP contribution in [-0.2, 0) is 6.42 Å². The highest BCUT2D eigenvalue weighted by atomic mass is 35.5. The number of halogens is 2. The first kappa shape index (κ1) is 12.8. The van der Waals surface area contributed by atoms with Gasteiger partial charge in [0.05, 0.1) is 0 Å². The molecular weight excluding hydrogens is 233 g/mol. The van der Waals surface area contributed by atoms with Crippen LogP contribution >= 0.6 is 11.6 Å². The van der Waals surface area contributed by atoms with E-state index in [1.54, 1.807) is 13.0 Å². The van der Waals surface area contributed by atoms with E-state index in [9.17, 15) is 9.18 Å². The summed E-state index contributed by atoms with van der Waals surface area (Å²) in [5.74, 6) is -0.322. The molecule has 0 heterocycles. The number of carboxylic acid groups (broad SMARTS) is 1. The van der Waals surface area contributed by atoms with Crippen molar-refractivity contribution in [1.82, 2.24) is 4.90 Å². The predicted molar refractivity (Wildman–Crippen MR) is 60.5 cm³/mol. The molecule has 1 aromatic carbocycles. The highest BCUT2D eigenvalue weighted by Crippen LogP contribution is 2.21. The summed E-state index contributed by atoms with van der Waals surface area (Å²) in [6.07, 6.45) is -0.609. The van der Waals surface area contributed by atoms with Gasteiger partial charge in [-0.1, -0.05) is 11.6 Å². The van der Waals surface area contributed by atoms with Gasteiger partial charge in [0.25, 0.3) is 0 Å². The van der Waals surface area contributed by atoms with Crippen LogP contribution in [0.5, 0.6) is 0 Å². The molecule has 5 heteroatoms. The average molecular weight is 246 g/mol. The molecule has 0 saturated carbocycles. The Morgan fingerprint density at radius 1 is 1.56 bits per heavy atom. The lowest BCUT2D eigenvalue weighted by molar-refractivity contribution is 0.156. The smallest absolute Gasteiger partial charge is 0.407 e. The summed E-state index contributed by atoms with van der Waals surface area (Å²) in [7, 11) is 1.46. The van der Waals surface area contributed by atoms with E-state index in [-0.39, 0.29) is 12.4 Å². The minimum absolute atomic E-state index is 0.289. The van der Waals surface area contributed by atoms with E-state index in [2.05, 4.69) is 0 Å². The third kappa shape index (κ3) is 3.10. The van der Waals surface area contributed by atoms with Crippen LogP contribution in [0.2, 0.25) is 5.02 Å². The summed E-state index contributed by atoms with van der Waals surface area (Å²) in [6, 6.07) is 2.90. The zero-order chi connectivity index (χ0) is 12.3. The third-order valence-corrected chi connectivity index (χ3v) is 2.72. The molecule has 0 saturated heterocycles. The predicted octanol–water partition coefficient (Wildman–Crippen LogP) is 2.94. The van der Waals surface area contributed by atoms with Crippen LogP contribution < -0.4 is 0 Å². The molecule has 0 fully saturated rings. The molecule has 0 aliphatic heterocycles. The van der Waals surface area contributed by atoms with Crippen LogP contribution in [0.1, 0.15) is 11.1 Å². The molecule has 1 aromatic rings. The molecule has 88 valence electrons. The molecule has 1 amide bonds. The Hall–Kier alpha value is -1.29. The minimum atomic E-state index is -1.01. The van der Waals surface area contributed by atoms with Crippen LogP contribution in [0.4, 0.5) is 9.18 Å². The Morgan fingerprint density at radius 3 is 2.75 bits per heavy atom. The van der Waals surface area contributed by atoms with Crippen molar-refractivity contribution in [2.45, 2.75) is 13.3 Å². The first-order chi connectivity index (χ1) is 7.41. The van der Waals surface area contributed by atoms with Crippen LogP contribution in [-0.4, -0.2) is 29.7 Å². The van der Waals surface area contributed by atoms with E-state index in [4.69, 9.17) is 16.7 Å². The Balaban J connectivity index is 2.74. The number of amides is 1. The van der Waals surface area contributed by atoms with Gasteiger partial charge in [0, 0.05) is 18.6 Å². The van der Waals surface area contributed by atoms with Crippen molar-refractivity contribution in [2.75, 3.05) is 13.6 Å². The SMILES string of the molecule is Cc1cc(Cl)c(CCN(C)C(=O)O)cc1F. The van der Waals surface area contributed by atoms with Gasteiger partial charge < -0.3 is 10.0 Å². The van der Waals surface area contributed by atoms with Gasteiger partial charge in [-0.25, -0.2) is 9.18 Å². The first-order valence-corrected chi connectivity index (χ1v) is 5.18. The van der Waals surface area contributed by atoms with E-state index in [1.165, 1.54) is 13.1 Å². The highest BCUT2D eigenvalue weighted by Gasteiger charge is 2.09. The number of hydrogen-bond donors (Lipinski definition) is 1. The van der Waals surface area contributed by atoms with E-state index in [0.29, 0.717) is 22.6 Å². The summed E-state index contributed by atoms with van der Waals surface area (Å²) >= 11 is 5.93. The van der Waals surface area contributed by atoms with Crippen molar-refractivity contribution in [1.29, 1.82) is 0 Å². The summed E-state index contributed by atoms with van der Waals surface area (Å²) in [5.41, 5.74) is 1.11. The number of rotatable bonds is 3. The zero-order valence-corrected chi connectivity index (χ0v) is 9.88. The van der Waals surface area contributed by atoms with Crippen molar-refractivity contribution in [3.8, 4) is 0 Å². The van der Waals surface area contributed by atoms with Gasteiger partial charge in [0.1, 0.15) is 5.82 Å². The minimum Gasteiger partial charge on any atom is -0.465 e. The second-order valence-electron chi connectivity index (χ2n) is 3.65. The monoisotopic (exact) mass is 245 g/mol. The topological polar surface area (TPSA) is 40.5 Å². The fourth-order valence-electron chi connectivity index (χ4n) is 1.26. The van der Waals surface area contributed by atoms with Crippen LogP contribution in [0.3, 0.4) is 0 Å². The second kappa shape index (κ2) is 5.16. The highest BCUT2D eigenvalue weighted by molar-refractivity contribution is 6.31. The van der Waals surface area contributed by atoms with Gasteiger partial charge in [0.2, 0.25) is 0 Å². The van der Waals surface area contributed by atoms with Gasteiger partial charge in [-0.2, -0.15) is 0 Å². The molecule has 0 aliphatic carbocycles. The first-order valence-electron chi connectivity index (χ1n) is 4.80. The summed E-state index contributed by atoms with van der Waals surface area (Å²) in [5, 5.41) is 9.12. The van der Waals surface area contributed by atoms with E-state index < -0.39 is 6.09 Å². The van der Waals surface area contributed by atoms with Gasteiger partial charge in [0.15, 0.2) is 0 Å². The fourth-order valence-corrected chi connectivity index (χ4v) is 1.58. The van der Waals surface area contributed by atoms with Gasteiger partial charge in [-0.05, 0) is 36.6 Å². The Bertz CT molecular complexity index is 409. The van der Waals surface area contributed by atoms with E-state index >= 15 is 0 Å². The van der Waals surface area contributed by atoms with E-state index in [1.807, 2.05) is 0 Å². The number of carbonyl (C=O) groups is 1. The third-order valence-electron chi connectivity index (χ3n) is 2.37. The summed E-state index contributed by atoms with van der Waals surface area (Å²) in [6.45, 7) is 1.92. The molecule has 1 N–H and O–H groups in total. The second-order valence-corrected chi connectivity index (χ2v) is 4.05. The van der Waals surface area contributed by atoms with Crippen molar-refractivity contribution >= 4 is 17.7 Å². The Labute approximate surface area is 98.4 Å². The van der Waals surface area contributed by atoms with Crippen LogP contribution in [0, 0.1) is 12.7 Å². The number of benzene rings is 1. The number of aryl methyl sites for hydroxylation is 1. The maximum absolute atomic E-state index is 13.3. The van der Waals surface area contributed by atoms with Crippen molar-refractivity contribution < 1.29 is 14.3 Å². The molecule has 1 rings (SSSR count). The molecule has 0 aliphatic rings. The molecule has 0 radical (unpaired) electrons. The molecule has 3 nitrogen and oxygen atoms in total. The largest absolute Gasteiger partial charge is 0.465 e.